The summed E-state index contributed by atoms with van der Waals surface area (Å²) in [5, 5.41) is 12.3. The van der Waals surface area contributed by atoms with E-state index in [1.165, 1.54) is 17.4 Å². The lowest BCUT2D eigenvalue weighted by Crippen LogP contribution is -2.17. The van der Waals surface area contributed by atoms with Gasteiger partial charge in [0, 0.05) is 18.7 Å². The smallest absolute Gasteiger partial charge is 0.417 e. The van der Waals surface area contributed by atoms with Crippen molar-refractivity contribution < 1.29 is 23.1 Å². The Morgan fingerprint density at radius 1 is 1.00 bits per heavy atom. The molecule has 164 valence electrons. The van der Waals surface area contributed by atoms with Crippen LogP contribution in [0, 0.1) is 0 Å². The van der Waals surface area contributed by atoms with Gasteiger partial charge in [0.15, 0.2) is 0 Å². The van der Waals surface area contributed by atoms with Gasteiger partial charge in [0.1, 0.15) is 5.01 Å². The van der Waals surface area contributed by atoms with Gasteiger partial charge in [0.2, 0.25) is 0 Å². The normalized spacial score (nSPS) is 11.7. The van der Waals surface area contributed by atoms with E-state index >= 15 is 0 Å². The molecule has 0 saturated carbocycles. The molecule has 8 heteroatoms. The first kappa shape index (κ1) is 22.0. The lowest BCUT2D eigenvalue weighted by atomic mass is 9.97. The van der Waals surface area contributed by atoms with E-state index in [4.69, 9.17) is 5.11 Å². The van der Waals surface area contributed by atoms with Crippen molar-refractivity contribution in [3.05, 3.63) is 77.9 Å². The number of thiazole rings is 1. The number of carbonyl (C=O) groups is 1. The Kier molecular flexibility index (Phi) is 6.25. The molecule has 0 amide bonds. The van der Waals surface area contributed by atoms with E-state index in [-0.39, 0.29) is 12.0 Å². The molecule has 0 bridgehead atoms. The maximum Gasteiger partial charge on any atom is 0.417 e. The molecule has 3 aromatic carbocycles. The Labute approximate surface area is 186 Å². The number of alkyl halides is 3. The van der Waals surface area contributed by atoms with Crippen LogP contribution in [0.2, 0.25) is 0 Å². The Morgan fingerprint density at radius 3 is 2.50 bits per heavy atom. The summed E-state index contributed by atoms with van der Waals surface area (Å²) in [6.45, 7) is 0.778. The van der Waals surface area contributed by atoms with Gasteiger partial charge in [0.05, 0.1) is 22.2 Å². The van der Waals surface area contributed by atoms with Crippen LogP contribution in [0.3, 0.4) is 0 Å². The van der Waals surface area contributed by atoms with Crippen LogP contribution in [-0.4, -0.2) is 22.6 Å². The second kappa shape index (κ2) is 9.10. The lowest BCUT2D eigenvalue weighted by molar-refractivity contribution is -0.137. The van der Waals surface area contributed by atoms with E-state index in [2.05, 4.69) is 10.3 Å². The molecule has 0 radical (unpaired) electrons. The minimum atomic E-state index is -4.50. The summed E-state index contributed by atoms with van der Waals surface area (Å²) in [6, 6.07) is 18.4. The summed E-state index contributed by atoms with van der Waals surface area (Å²) < 4.78 is 42.4. The van der Waals surface area contributed by atoms with Crippen LogP contribution in [0.25, 0.3) is 31.9 Å². The molecule has 0 fully saturated rings. The second-order valence-electron chi connectivity index (χ2n) is 7.23. The predicted octanol–water partition coefficient (Wildman–Crippen LogP) is 6.21. The van der Waals surface area contributed by atoms with Crippen molar-refractivity contribution in [1.29, 1.82) is 0 Å². The molecule has 4 rings (SSSR count). The average molecular weight is 456 g/mol. The van der Waals surface area contributed by atoms with E-state index < -0.39 is 17.7 Å². The van der Waals surface area contributed by atoms with E-state index in [9.17, 15) is 18.0 Å². The molecule has 4 nitrogen and oxygen atoms in total. The van der Waals surface area contributed by atoms with E-state index in [0.717, 1.165) is 16.3 Å². The zero-order chi connectivity index (χ0) is 22.7. The van der Waals surface area contributed by atoms with Gasteiger partial charge in [-0.15, -0.1) is 11.3 Å². The van der Waals surface area contributed by atoms with Crippen molar-refractivity contribution in [3.63, 3.8) is 0 Å². The minimum Gasteiger partial charge on any atom is -0.481 e. The molecule has 0 aliphatic carbocycles. The number of hydrogen-bond acceptors (Lipinski definition) is 4. The van der Waals surface area contributed by atoms with Crippen LogP contribution in [-0.2, 0) is 17.5 Å². The van der Waals surface area contributed by atoms with E-state index in [0.29, 0.717) is 34.7 Å². The average Bonchev–Trinajstić information content (AvgIpc) is 3.21. The van der Waals surface area contributed by atoms with Crippen LogP contribution in [0.5, 0.6) is 0 Å². The Hall–Kier alpha value is -3.23. The third-order valence-corrected chi connectivity index (χ3v) is 6.18. The number of rotatable bonds is 7. The molecule has 0 atom stereocenters. The summed E-state index contributed by atoms with van der Waals surface area (Å²) in [5.74, 6) is -0.879. The van der Waals surface area contributed by atoms with Gasteiger partial charge >= 0.3 is 12.1 Å². The van der Waals surface area contributed by atoms with Gasteiger partial charge < -0.3 is 10.4 Å². The molecule has 32 heavy (non-hydrogen) atoms. The van der Waals surface area contributed by atoms with Crippen LogP contribution in [0.1, 0.15) is 17.5 Å². The number of hydrogen-bond donors (Lipinski definition) is 2. The first-order chi connectivity index (χ1) is 15.3. The number of aliphatic carboxylic acids is 1. The summed E-state index contributed by atoms with van der Waals surface area (Å²) >= 11 is 1.33. The molecule has 4 aromatic rings. The monoisotopic (exact) mass is 456 g/mol. The molecule has 0 unspecified atom stereocenters. The molecule has 1 aromatic heterocycles. The summed E-state index contributed by atoms with van der Waals surface area (Å²) in [4.78, 5) is 15.2. The quantitative estimate of drug-likeness (QED) is 0.325. The van der Waals surface area contributed by atoms with Crippen LogP contribution >= 0.6 is 11.3 Å². The highest BCUT2D eigenvalue weighted by atomic mass is 32.1. The number of nitrogens with one attached hydrogen (secondary N) is 1. The third-order valence-electron chi connectivity index (χ3n) is 4.98. The Bertz CT molecular complexity index is 1250. The maximum absolute atomic E-state index is 13.9. The molecule has 0 spiro atoms. The molecule has 0 saturated heterocycles. The number of nitrogens with zero attached hydrogens (tertiary/aromatic N) is 1. The molecule has 0 aliphatic heterocycles. The highest BCUT2D eigenvalue weighted by Gasteiger charge is 2.34. The molecular formula is C24H19F3N2O2S. The number of fused-ring (bicyclic) bond motifs is 1. The summed E-state index contributed by atoms with van der Waals surface area (Å²) in [7, 11) is 0. The van der Waals surface area contributed by atoms with Gasteiger partial charge in [-0.2, -0.15) is 13.2 Å². The largest absolute Gasteiger partial charge is 0.481 e. The topological polar surface area (TPSA) is 62.2 Å². The fraction of sp³-hybridized carbons (Fsp3) is 0.167. The highest BCUT2D eigenvalue weighted by molar-refractivity contribution is 7.21. The molecule has 2 N–H and O–H groups in total. The van der Waals surface area contributed by atoms with Crippen molar-refractivity contribution >= 4 is 27.5 Å². The maximum atomic E-state index is 13.9. The fourth-order valence-electron chi connectivity index (χ4n) is 3.47. The van der Waals surface area contributed by atoms with Gasteiger partial charge in [-0.1, -0.05) is 54.6 Å². The van der Waals surface area contributed by atoms with Crippen molar-refractivity contribution in [3.8, 4) is 21.7 Å². The summed E-state index contributed by atoms with van der Waals surface area (Å²) in [6.07, 6.45) is -4.49. The second-order valence-corrected chi connectivity index (χ2v) is 8.23. The van der Waals surface area contributed by atoms with Crippen molar-refractivity contribution in [2.75, 3.05) is 6.54 Å². The standard InChI is InChI=1S/C24H19F3N2O2S/c25-24(26,27)19-13-16(9-10-18(19)15-5-2-1-3-6-15)23-29-20-8-4-7-17(22(20)32-23)14-28-12-11-21(30)31/h1-10,13,28H,11-12,14H2,(H,30,31). The van der Waals surface area contributed by atoms with Gasteiger partial charge in [0.25, 0.3) is 0 Å². The van der Waals surface area contributed by atoms with Gasteiger partial charge in [-0.25, -0.2) is 4.98 Å². The zero-order valence-electron chi connectivity index (χ0n) is 16.8. The number of carboxylic acid groups (broad SMARTS) is 1. The fourth-order valence-corrected chi connectivity index (χ4v) is 4.54. The highest BCUT2D eigenvalue weighted by Crippen LogP contribution is 2.41. The first-order valence-electron chi connectivity index (χ1n) is 9.91. The Morgan fingerprint density at radius 2 is 1.78 bits per heavy atom. The zero-order valence-corrected chi connectivity index (χ0v) is 17.6. The first-order valence-corrected chi connectivity index (χ1v) is 10.7. The number of benzene rings is 3. The SMILES string of the molecule is O=C(O)CCNCc1cccc2nc(-c3ccc(-c4ccccc4)c(C(F)(F)F)c3)sc12. The lowest BCUT2D eigenvalue weighted by Gasteiger charge is -2.14. The van der Waals surface area contributed by atoms with Crippen LogP contribution in [0.15, 0.2) is 66.7 Å². The van der Waals surface area contributed by atoms with Crippen molar-refractivity contribution in [2.24, 2.45) is 0 Å². The molecular weight excluding hydrogens is 437 g/mol. The number of carboxylic acids is 1. The van der Waals surface area contributed by atoms with Crippen molar-refractivity contribution in [1.82, 2.24) is 10.3 Å². The Balaban J connectivity index is 1.70. The van der Waals surface area contributed by atoms with Crippen molar-refractivity contribution in [2.45, 2.75) is 19.1 Å². The van der Waals surface area contributed by atoms with E-state index in [1.54, 1.807) is 36.4 Å². The molecule has 0 aliphatic rings. The van der Waals surface area contributed by atoms with Gasteiger partial charge in [-0.3, -0.25) is 4.79 Å². The summed E-state index contributed by atoms with van der Waals surface area (Å²) in [5.41, 5.74) is 1.97. The predicted molar refractivity (Wildman–Crippen MR) is 119 cm³/mol. The van der Waals surface area contributed by atoms with Crippen LogP contribution in [0.4, 0.5) is 13.2 Å². The number of halogens is 3. The van der Waals surface area contributed by atoms with Gasteiger partial charge in [-0.05, 0) is 28.8 Å². The number of aromatic nitrogens is 1. The molecule has 1 heterocycles. The van der Waals surface area contributed by atoms with E-state index in [1.807, 2.05) is 18.2 Å². The van der Waals surface area contributed by atoms with Crippen LogP contribution < -0.4 is 5.32 Å². The third kappa shape index (κ3) is 4.81. The minimum absolute atomic E-state index is 0.0118.